The Morgan fingerprint density at radius 1 is 1.03 bits per heavy atom. The molecule has 358 valence electrons. The smallest absolute Gasteiger partial charge is 0.320 e. The van der Waals surface area contributed by atoms with Crippen molar-refractivity contribution in [2.24, 2.45) is 29.6 Å². The van der Waals surface area contributed by atoms with Crippen molar-refractivity contribution in [1.29, 1.82) is 0 Å². The molecule has 0 bridgehead atoms. The van der Waals surface area contributed by atoms with Gasteiger partial charge >= 0.3 is 11.9 Å². The zero-order chi connectivity index (χ0) is 47.9. The predicted octanol–water partition coefficient (Wildman–Crippen LogP) is 4.64. The first kappa shape index (κ1) is 50.7. The summed E-state index contributed by atoms with van der Waals surface area (Å²) in [6, 6.07) is -0.291. The second kappa shape index (κ2) is 20.3. The molecule has 14 atom stereocenters. The largest absolute Gasteiger partial charge is 0.461 e. The van der Waals surface area contributed by atoms with E-state index in [0.29, 0.717) is 11.9 Å². The number of aliphatic hydroxyl groups excluding tert-OH is 2. The number of hydrogen-bond donors (Lipinski definition) is 4. The van der Waals surface area contributed by atoms with Gasteiger partial charge < -0.3 is 54.4 Å². The first-order chi connectivity index (χ1) is 30.5. The van der Waals surface area contributed by atoms with Gasteiger partial charge in [-0.05, 0) is 54.6 Å². The monoisotopic (exact) mass is 965 g/mol. The number of carbonyl (C=O) groups excluding carboxylic acids is 4. The maximum Gasteiger partial charge on any atom is 0.320 e. The van der Waals surface area contributed by atoms with Gasteiger partial charge in [-0.1, -0.05) is 44.0 Å². The van der Waals surface area contributed by atoms with Gasteiger partial charge in [0, 0.05) is 67.7 Å². The molecule has 6 heterocycles. The fourth-order valence-electron chi connectivity index (χ4n) is 9.74. The summed E-state index contributed by atoms with van der Waals surface area (Å²) in [4.78, 5) is 70.6. The number of esters is 2. The van der Waals surface area contributed by atoms with E-state index >= 15 is 0 Å². The summed E-state index contributed by atoms with van der Waals surface area (Å²) in [7, 11) is 5.22. The number of ether oxygens (including phenoxy) is 5. The van der Waals surface area contributed by atoms with Crippen LogP contribution in [0.2, 0.25) is 10.0 Å². The number of amides is 1. The summed E-state index contributed by atoms with van der Waals surface area (Å²) in [6.45, 7) is 12.0. The molecule has 0 radical (unpaired) electrons. The highest BCUT2D eigenvalue weighted by Gasteiger charge is 2.58. The number of aryl methyl sites for hydroxylation is 1. The zero-order valence-electron chi connectivity index (χ0n) is 38.3. The minimum atomic E-state index is -1.42. The SMILES string of the molecule is CO[C@]1(C)C[C@@H](C)C(=O)[C@H](C)[C@H]2C(SCCn3cnc4c(N)ncc(C(=O)Nc5c(Cl)cncc5Cl)c43)C(=O)O[C@]2(C)COC(=O)[C@H](C)[C@@H](O)[C@H](C)[C@H]1O[C@@H]1O[C@H](C)C[C@H](N(C)C)[C@H]1O. The average Bonchev–Trinajstić information content (AvgIpc) is 3.80. The van der Waals surface area contributed by atoms with Crippen LogP contribution in [0.25, 0.3) is 11.0 Å². The Kier molecular flexibility index (Phi) is 15.8. The Bertz CT molecular complexity index is 2240. The van der Waals surface area contributed by atoms with E-state index < -0.39 is 88.5 Å². The van der Waals surface area contributed by atoms with Crippen molar-refractivity contribution in [3.8, 4) is 0 Å². The van der Waals surface area contributed by atoms with Gasteiger partial charge in [0.25, 0.3) is 5.91 Å². The number of nitrogen functional groups attached to an aromatic ring is 1. The van der Waals surface area contributed by atoms with Gasteiger partial charge in [-0.15, -0.1) is 11.8 Å². The molecular weight excluding hydrogens is 905 g/mol. The quantitative estimate of drug-likeness (QED) is 0.202. The molecule has 6 rings (SSSR count). The van der Waals surface area contributed by atoms with Crippen LogP contribution in [-0.4, -0.2) is 145 Å². The molecule has 3 aliphatic rings. The van der Waals surface area contributed by atoms with E-state index in [4.69, 9.17) is 52.6 Å². The molecule has 0 aromatic carbocycles. The van der Waals surface area contributed by atoms with Crippen LogP contribution in [0.4, 0.5) is 11.5 Å². The molecule has 18 nitrogen and oxygen atoms in total. The van der Waals surface area contributed by atoms with E-state index in [2.05, 4.69) is 20.3 Å². The molecular formula is C44H61Cl2N7O11S. The molecule has 3 saturated heterocycles. The molecule has 5 N–H and O–H groups in total. The van der Waals surface area contributed by atoms with Gasteiger partial charge in [0.2, 0.25) is 0 Å². The Hall–Kier alpha value is -3.66. The van der Waals surface area contributed by atoms with Crippen LogP contribution in [0.1, 0.15) is 71.7 Å². The van der Waals surface area contributed by atoms with E-state index in [9.17, 15) is 29.4 Å². The number of carbonyl (C=O) groups is 4. The van der Waals surface area contributed by atoms with Crippen molar-refractivity contribution in [1.82, 2.24) is 24.4 Å². The molecule has 65 heavy (non-hydrogen) atoms. The van der Waals surface area contributed by atoms with Crippen molar-refractivity contribution in [3.63, 3.8) is 0 Å². The normalized spacial score (nSPS) is 35.1. The number of fused-ring (bicyclic) bond motifs is 2. The fraction of sp³-hybridized carbons (Fsp3) is 0.659. The lowest BCUT2D eigenvalue weighted by Gasteiger charge is -2.48. The second-order valence-electron chi connectivity index (χ2n) is 18.4. The summed E-state index contributed by atoms with van der Waals surface area (Å²) in [5.74, 6) is -5.86. The van der Waals surface area contributed by atoms with E-state index in [0.717, 1.165) is 0 Å². The van der Waals surface area contributed by atoms with Gasteiger partial charge in [-0.3, -0.25) is 24.2 Å². The molecule has 0 saturated carbocycles. The van der Waals surface area contributed by atoms with Gasteiger partial charge in [-0.2, -0.15) is 0 Å². The number of rotatable bonds is 10. The molecule has 1 unspecified atom stereocenters. The number of Topliss-reactive ketones (excluding diaryl/α,β-unsaturated/α-hetero) is 1. The molecule has 3 aliphatic heterocycles. The number of hydrogen-bond acceptors (Lipinski definition) is 17. The van der Waals surface area contributed by atoms with Crippen molar-refractivity contribution in [2.45, 2.75) is 121 Å². The third kappa shape index (κ3) is 10.3. The number of halogens is 2. The molecule has 3 fully saturated rings. The van der Waals surface area contributed by atoms with Crippen LogP contribution in [0.5, 0.6) is 0 Å². The van der Waals surface area contributed by atoms with Gasteiger partial charge in [0.05, 0.1) is 63.0 Å². The summed E-state index contributed by atoms with van der Waals surface area (Å²) in [5.41, 5.74) is 4.45. The van der Waals surface area contributed by atoms with Crippen LogP contribution in [0.3, 0.4) is 0 Å². The van der Waals surface area contributed by atoms with Crippen LogP contribution < -0.4 is 11.1 Å². The number of likely N-dealkylation sites (N-methyl/N-ethyl adjacent to an activating group) is 1. The number of anilines is 2. The number of imidazole rings is 1. The fourth-order valence-corrected chi connectivity index (χ4v) is 11.7. The lowest BCUT2D eigenvalue weighted by molar-refractivity contribution is -0.301. The summed E-state index contributed by atoms with van der Waals surface area (Å²) in [5, 5.41) is 25.4. The third-order valence-corrected chi connectivity index (χ3v) is 15.3. The molecule has 0 spiro atoms. The van der Waals surface area contributed by atoms with Crippen LogP contribution in [0, 0.1) is 29.6 Å². The van der Waals surface area contributed by atoms with Crippen LogP contribution >= 0.6 is 35.0 Å². The molecule has 0 aliphatic carbocycles. The molecule has 3 aromatic rings. The predicted molar refractivity (Wildman–Crippen MR) is 244 cm³/mol. The standard InChI is InChI=1S/C44H61Cl2N7O11S/c1-20-14-43(6,60-10)37(63-42-35(56)28(52(8)9)13-21(2)62-42)23(4)34(55)24(5)40(58)61-18-44(7)29(22(3)33(20)54)36(41(59)64-44)65-12-11-53-19-50-31-32(53)25(15-49-38(31)47)39(57)51-30-26(45)16-48-17-27(30)46/h15-17,19-24,28-29,34-37,42,55-56H,11-14,18H2,1-10H3,(H2,47,49)(H,48,51,57)/t20-,21-,22-,23+,24-,28+,29+,34+,35-,36?,37-,42+,43-,44-/m1/s1. The number of methoxy groups -OCH3 is 1. The molecule has 1 amide bonds. The van der Waals surface area contributed by atoms with Gasteiger partial charge in [0.15, 0.2) is 12.1 Å². The maximum absolute atomic E-state index is 14.8. The second-order valence-corrected chi connectivity index (χ2v) is 20.4. The zero-order valence-corrected chi connectivity index (χ0v) is 40.6. The number of ketones is 1. The number of nitrogens with one attached hydrogen (secondary N) is 1. The highest BCUT2D eigenvalue weighted by molar-refractivity contribution is 8.00. The van der Waals surface area contributed by atoms with E-state index in [-0.39, 0.29) is 75.9 Å². The number of pyridine rings is 2. The number of aliphatic hydroxyl groups is 2. The van der Waals surface area contributed by atoms with Crippen LogP contribution in [-0.2, 0) is 44.6 Å². The Balaban J connectivity index is 1.28. The number of cyclic esters (lactones) is 1. The number of aromatic nitrogens is 4. The summed E-state index contributed by atoms with van der Waals surface area (Å²) >= 11 is 13.8. The average molecular weight is 967 g/mol. The highest BCUT2D eigenvalue weighted by atomic mass is 35.5. The van der Waals surface area contributed by atoms with E-state index in [1.54, 1.807) is 46.1 Å². The molecule has 3 aromatic heterocycles. The topological polar surface area (TPSA) is 240 Å². The lowest BCUT2D eigenvalue weighted by atomic mass is 9.72. The minimum absolute atomic E-state index is 0.0972. The lowest BCUT2D eigenvalue weighted by Crippen LogP contribution is -2.59. The first-order valence-electron chi connectivity index (χ1n) is 21.7. The Labute approximate surface area is 392 Å². The van der Waals surface area contributed by atoms with Crippen molar-refractivity contribution in [2.75, 3.05) is 44.6 Å². The summed E-state index contributed by atoms with van der Waals surface area (Å²) < 4.78 is 32.6. The number of thioether (sulfide) groups is 1. The van der Waals surface area contributed by atoms with Gasteiger partial charge in [0.1, 0.15) is 34.9 Å². The maximum atomic E-state index is 14.8. The van der Waals surface area contributed by atoms with Gasteiger partial charge in [-0.25, -0.2) is 9.97 Å². The van der Waals surface area contributed by atoms with Crippen molar-refractivity contribution < 1.29 is 53.1 Å². The summed E-state index contributed by atoms with van der Waals surface area (Å²) in [6.07, 6.45) is 1.42. The number of nitrogens with two attached hydrogens (primary N) is 1. The third-order valence-electron chi connectivity index (χ3n) is 13.4. The highest BCUT2D eigenvalue weighted by Crippen LogP contribution is 2.47. The van der Waals surface area contributed by atoms with E-state index in [1.807, 2.05) is 25.9 Å². The molecule has 21 heteroatoms. The number of nitrogens with zero attached hydrogens (tertiary/aromatic N) is 5. The van der Waals surface area contributed by atoms with Crippen molar-refractivity contribution >= 4 is 81.1 Å². The van der Waals surface area contributed by atoms with E-state index in [1.165, 1.54) is 43.8 Å². The Morgan fingerprint density at radius 3 is 2.35 bits per heavy atom. The first-order valence-corrected chi connectivity index (χ1v) is 23.5. The van der Waals surface area contributed by atoms with Crippen LogP contribution in [0.15, 0.2) is 24.9 Å². The Morgan fingerprint density at radius 2 is 1.71 bits per heavy atom. The van der Waals surface area contributed by atoms with Crippen molar-refractivity contribution in [3.05, 3.63) is 40.5 Å². The minimum Gasteiger partial charge on any atom is -0.461 e.